The summed E-state index contributed by atoms with van der Waals surface area (Å²) in [5.41, 5.74) is 6.72. The average Bonchev–Trinajstić information content (AvgIpc) is 2.59. The van der Waals surface area contributed by atoms with Gasteiger partial charge >= 0.3 is 6.09 Å². The minimum Gasteiger partial charge on any atom is -0.450 e. The molecule has 128 valence electrons. The van der Waals surface area contributed by atoms with E-state index in [0.29, 0.717) is 11.4 Å². The molecule has 0 fully saturated rings. The van der Waals surface area contributed by atoms with Crippen LogP contribution in [0.4, 0.5) is 30.1 Å². The Hall–Kier alpha value is -2.48. The first-order valence-electron chi connectivity index (χ1n) is 7.18. The van der Waals surface area contributed by atoms with Crippen LogP contribution in [-0.4, -0.2) is 12.7 Å². The van der Waals surface area contributed by atoms with Gasteiger partial charge < -0.3 is 15.8 Å². The molecule has 4 N–H and O–H groups in total. The van der Waals surface area contributed by atoms with Crippen LogP contribution >= 0.6 is 12.1 Å². The molecule has 2 aromatic rings. The fourth-order valence-corrected chi connectivity index (χ4v) is 2.21. The number of rotatable bonds is 6. The molecule has 2 rings (SSSR count). The Morgan fingerprint density at radius 3 is 2.50 bits per heavy atom. The van der Waals surface area contributed by atoms with Gasteiger partial charge in [0.1, 0.15) is 0 Å². The predicted molar refractivity (Wildman–Crippen MR) is 92.2 cm³/mol. The van der Waals surface area contributed by atoms with E-state index in [2.05, 4.69) is 10.6 Å². The maximum atomic E-state index is 14.3. The quantitative estimate of drug-likeness (QED) is 0.664. The zero-order valence-corrected chi connectivity index (χ0v) is 13.8. The van der Waals surface area contributed by atoms with Crippen molar-refractivity contribution in [2.24, 2.45) is 0 Å². The van der Waals surface area contributed by atoms with E-state index in [4.69, 9.17) is 10.5 Å². The molecule has 5 nitrogen and oxygen atoms in total. The van der Waals surface area contributed by atoms with Crippen LogP contribution in [0.5, 0.6) is 0 Å². The number of nitrogens with one attached hydrogen (secondary N) is 2. The fraction of sp³-hybridized carbons (Fsp3) is 0.188. The zero-order chi connectivity index (χ0) is 17.5. The van der Waals surface area contributed by atoms with Crippen LogP contribution in [0, 0.1) is 5.82 Å². The highest BCUT2D eigenvalue weighted by molar-refractivity contribution is 7.94. The lowest BCUT2D eigenvalue weighted by atomic mass is 10.2. The summed E-state index contributed by atoms with van der Waals surface area (Å²) in [5, 5.41) is 5.29. The minimum atomic E-state index is -0.699. The van der Waals surface area contributed by atoms with Gasteiger partial charge in [0.15, 0.2) is 5.82 Å². The molecule has 2 aromatic carbocycles. The van der Waals surface area contributed by atoms with E-state index in [9.17, 15) is 13.1 Å². The predicted octanol–water partition coefficient (Wildman–Crippen LogP) is 4.57. The van der Waals surface area contributed by atoms with Gasteiger partial charge in [-0.3, -0.25) is 5.32 Å². The number of halogens is 2. The van der Waals surface area contributed by atoms with Crippen molar-refractivity contribution >= 4 is 35.3 Å². The van der Waals surface area contributed by atoms with Crippen LogP contribution in [0.15, 0.2) is 41.3 Å². The van der Waals surface area contributed by atoms with Crippen LogP contribution < -0.4 is 16.4 Å². The average molecular weight is 353 g/mol. The van der Waals surface area contributed by atoms with Crippen molar-refractivity contribution in [1.29, 1.82) is 0 Å². The van der Waals surface area contributed by atoms with Crippen LogP contribution in [0.25, 0.3) is 0 Å². The lowest BCUT2D eigenvalue weighted by Crippen LogP contribution is -2.15. The van der Waals surface area contributed by atoms with Crippen molar-refractivity contribution in [3.63, 3.8) is 0 Å². The van der Waals surface area contributed by atoms with Crippen molar-refractivity contribution in [2.75, 3.05) is 23.0 Å². The van der Waals surface area contributed by atoms with E-state index in [0.717, 1.165) is 5.56 Å². The third-order valence-corrected chi connectivity index (χ3v) is 3.64. The van der Waals surface area contributed by atoms with Crippen LogP contribution in [0.1, 0.15) is 12.5 Å². The minimum absolute atomic E-state index is 0.140. The lowest BCUT2D eigenvalue weighted by Gasteiger charge is -2.13. The van der Waals surface area contributed by atoms with Gasteiger partial charge in [-0.2, -0.15) is 3.89 Å². The van der Waals surface area contributed by atoms with Crippen LogP contribution in [0.2, 0.25) is 0 Å². The van der Waals surface area contributed by atoms with Gasteiger partial charge in [-0.15, -0.1) is 0 Å². The molecule has 0 saturated carbocycles. The summed E-state index contributed by atoms with van der Waals surface area (Å²) in [5.74, 6) is -0.666. The maximum Gasteiger partial charge on any atom is 0.411 e. The summed E-state index contributed by atoms with van der Waals surface area (Å²) >= 11 is 0.165. The second-order valence-corrected chi connectivity index (χ2v) is 5.43. The Balaban J connectivity index is 2.05. The van der Waals surface area contributed by atoms with Crippen molar-refractivity contribution in [3.05, 3.63) is 47.8 Å². The smallest absolute Gasteiger partial charge is 0.411 e. The summed E-state index contributed by atoms with van der Waals surface area (Å²) in [7, 11) is 0. The van der Waals surface area contributed by atoms with Crippen molar-refractivity contribution in [1.82, 2.24) is 0 Å². The highest BCUT2D eigenvalue weighted by Gasteiger charge is 2.13. The molecule has 0 saturated heterocycles. The van der Waals surface area contributed by atoms with E-state index in [1.54, 1.807) is 31.2 Å². The fourth-order valence-electron chi connectivity index (χ4n) is 1.97. The SMILES string of the molecule is CCOC(=O)Nc1ccc(NCc2ccc(SF)cc2)c(F)c1N. The van der Waals surface area contributed by atoms with Crippen LogP contribution in [0.3, 0.4) is 0 Å². The van der Waals surface area contributed by atoms with E-state index >= 15 is 0 Å². The summed E-state index contributed by atoms with van der Waals surface area (Å²) in [4.78, 5) is 11.9. The normalized spacial score (nSPS) is 10.3. The molecule has 0 aliphatic heterocycles. The summed E-state index contributed by atoms with van der Waals surface area (Å²) in [6, 6.07) is 9.72. The van der Waals surface area contributed by atoms with Gasteiger partial charge in [-0.25, -0.2) is 9.18 Å². The number of anilines is 3. The lowest BCUT2D eigenvalue weighted by molar-refractivity contribution is 0.168. The second kappa shape index (κ2) is 8.39. The first kappa shape index (κ1) is 17.9. The maximum absolute atomic E-state index is 14.3. The van der Waals surface area contributed by atoms with E-state index in [1.807, 2.05) is 0 Å². The summed E-state index contributed by atoms with van der Waals surface area (Å²) in [6.07, 6.45) is -0.699. The Kier molecular flexibility index (Phi) is 6.25. The number of ether oxygens (including phenoxy) is 1. The first-order valence-corrected chi connectivity index (χ1v) is 7.90. The number of nitrogens with two attached hydrogens (primary N) is 1. The Morgan fingerprint density at radius 2 is 1.88 bits per heavy atom. The van der Waals surface area contributed by atoms with E-state index in [1.165, 1.54) is 12.1 Å². The molecule has 0 radical (unpaired) electrons. The molecule has 0 unspecified atom stereocenters. The molecule has 1 amide bonds. The highest BCUT2D eigenvalue weighted by atomic mass is 32.2. The Bertz CT molecular complexity index is 711. The van der Waals surface area contributed by atoms with Crippen LogP contribution in [-0.2, 0) is 11.3 Å². The Labute approximate surface area is 142 Å². The monoisotopic (exact) mass is 353 g/mol. The molecule has 0 aliphatic rings. The zero-order valence-electron chi connectivity index (χ0n) is 12.9. The molecule has 0 aromatic heterocycles. The third kappa shape index (κ3) is 4.51. The standard InChI is InChI=1S/C16H17F2N3O2S/c1-2-23-16(22)21-13-8-7-12(14(17)15(13)19)20-9-10-3-5-11(24-18)6-4-10/h3-8,20H,2,9,19H2,1H3,(H,21,22). The van der Waals surface area contributed by atoms with Gasteiger partial charge in [0, 0.05) is 11.4 Å². The van der Waals surface area contributed by atoms with Gasteiger partial charge in [0.05, 0.1) is 35.8 Å². The molecule has 0 bridgehead atoms. The Morgan fingerprint density at radius 1 is 1.21 bits per heavy atom. The number of hydrogen-bond donors (Lipinski definition) is 3. The molecule has 0 aliphatic carbocycles. The summed E-state index contributed by atoms with van der Waals surface area (Å²) < 4.78 is 31.4. The number of hydrogen-bond acceptors (Lipinski definition) is 5. The second-order valence-electron chi connectivity index (χ2n) is 4.81. The van der Waals surface area contributed by atoms with Gasteiger partial charge in [0.25, 0.3) is 0 Å². The molecule has 0 heterocycles. The molecular weight excluding hydrogens is 336 g/mol. The van der Waals surface area contributed by atoms with Crippen molar-refractivity contribution < 1.29 is 17.8 Å². The highest BCUT2D eigenvalue weighted by Crippen LogP contribution is 2.28. The number of nitrogen functional groups attached to an aromatic ring is 1. The third-order valence-electron chi connectivity index (χ3n) is 3.19. The molecular formula is C16H17F2N3O2S. The number of benzene rings is 2. The van der Waals surface area contributed by atoms with Crippen molar-refractivity contribution in [2.45, 2.75) is 18.4 Å². The number of carbonyl (C=O) groups is 1. The largest absolute Gasteiger partial charge is 0.450 e. The van der Waals surface area contributed by atoms with Gasteiger partial charge in [-0.05, 0) is 36.8 Å². The topological polar surface area (TPSA) is 76.4 Å². The molecule has 8 heteroatoms. The van der Waals surface area contributed by atoms with E-state index in [-0.39, 0.29) is 35.8 Å². The molecule has 0 atom stereocenters. The van der Waals surface area contributed by atoms with Gasteiger partial charge in [-0.1, -0.05) is 12.1 Å². The first-order chi connectivity index (χ1) is 11.5. The molecule has 24 heavy (non-hydrogen) atoms. The summed E-state index contributed by atoms with van der Waals surface area (Å²) in [6.45, 7) is 2.21. The molecule has 0 spiro atoms. The van der Waals surface area contributed by atoms with Crippen molar-refractivity contribution in [3.8, 4) is 0 Å². The number of carbonyl (C=O) groups excluding carboxylic acids is 1. The number of amides is 1. The van der Waals surface area contributed by atoms with E-state index < -0.39 is 11.9 Å². The van der Waals surface area contributed by atoms with Gasteiger partial charge in [0.2, 0.25) is 0 Å².